The average molecular weight is 329 g/mol. The Bertz CT molecular complexity index is 465. The number of halogens is 2. The van der Waals surface area contributed by atoms with Crippen molar-refractivity contribution in [3.63, 3.8) is 0 Å². The maximum absolute atomic E-state index is 6.35. The Hall–Kier alpha value is -0.280. The molecule has 1 unspecified atom stereocenters. The maximum Gasteiger partial charge on any atom is 0.0465 e. The first-order valence-corrected chi connectivity index (χ1v) is 8.46. The van der Waals surface area contributed by atoms with Crippen molar-refractivity contribution in [2.75, 3.05) is 13.1 Å². The van der Waals surface area contributed by atoms with Crippen LogP contribution in [0.4, 0.5) is 0 Å². The molecule has 0 aromatic heterocycles. The van der Waals surface area contributed by atoms with Crippen molar-refractivity contribution in [2.45, 2.75) is 52.2 Å². The number of nitrogens with one attached hydrogen (secondary N) is 1. The van der Waals surface area contributed by atoms with E-state index < -0.39 is 0 Å². The second-order valence-electron chi connectivity index (χ2n) is 7.15. The second kappa shape index (κ2) is 6.87. The van der Waals surface area contributed by atoms with E-state index in [0.717, 1.165) is 35.2 Å². The average Bonchev–Trinajstić information content (AvgIpc) is 2.36. The highest BCUT2D eigenvalue weighted by molar-refractivity contribution is 6.35. The molecule has 0 amide bonds. The van der Waals surface area contributed by atoms with Gasteiger partial charge in [-0.25, -0.2) is 0 Å². The molecule has 118 valence electrons. The van der Waals surface area contributed by atoms with Crippen LogP contribution in [0.1, 0.15) is 39.7 Å². The first-order chi connectivity index (χ1) is 9.78. The van der Waals surface area contributed by atoms with Gasteiger partial charge in [-0.15, -0.1) is 0 Å². The minimum absolute atomic E-state index is 0.126. The van der Waals surface area contributed by atoms with Crippen LogP contribution in [-0.4, -0.2) is 29.6 Å². The zero-order valence-electron chi connectivity index (χ0n) is 13.4. The maximum atomic E-state index is 6.35. The van der Waals surface area contributed by atoms with Gasteiger partial charge in [0, 0.05) is 46.8 Å². The number of piperazine rings is 1. The van der Waals surface area contributed by atoms with Crippen molar-refractivity contribution in [2.24, 2.45) is 5.92 Å². The van der Waals surface area contributed by atoms with E-state index in [0.29, 0.717) is 12.0 Å². The molecule has 1 aliphatic rings. The molecule has 0 saturated carbocycles. The number of nitrogens with zero attached hydrogens (tertiary/aromatic N) is 1. The zero-order valence-corrected chi connectivity index (χ0v) is 14.9. The Kier molecular flexibility index (Phi) is 5.59. The van der Waals surface area contributed by atoms with Crippen LogP contribution in [0.3, 0.4) is 0 Å². The van der Waals surface area contributed by atoms with Crippen LogP contribution >= 0.6 is 23.2 Å². The van der Waals surface area contributed by atoms with Gasteiger partial charge in [-0.2, -0.15) is 0 Å². The number of benzene rings is 1. The van der Waals surface area contributed by atoms with Gasteiger partial charge in [0.25, 0.3) is 0 Å². The predicted molar refractivity (Wildman–Crippen MR) is 92.2 cm³/mol. The highest BCUT2D eigenvalue weighted by Gasteiger charge is 2.33. The van der Waals surface area contributed by atoms with Crippen molar-refractivity contribution >= 4 is 23.2 Å². The minimum Gasteiger partial charge on any atom is -0.309 e. The van der Waals surface area contributed by atoms with Crippen molar-refractivity contribution in [1.29, 1.82) is 0 Å². The van der Waals surface area contributed by atoms with Crippen molar-refractivity contribution in [3.05, 3.63) is 33.8 Å². The third-order valence-electron chi connectivity index (χ3n) is 4.10. The molecule has 1 heterocycles. The molecule has 1 aliphatic heterocycles. The molecule has 0 spiro atoms. The zero-order chi connectivity index (χ0) is 15.6. The van der Waals surface area contributed by atoms with Crippen LogP contribution < -0.4 is 5.32 Å². The summed E-state index contributed by atoms with van der Waals surface area (Å²) in [4.78, 5) is 2.53. The van der Waals surface area contributed by atoms with Crippen LogP contribution in [0.25, 0.3) is 0 Å². The third kappa shape index (κ3) is 4.59. The molecule has 4 heteroatoms. The molecule has 0 bridgehead atoms. The Morgan fingerprint density at radius 3 is 2.48 bits per heavy atom. The van der Waals surface area contributed by atoms with Gasteiger partial charge in [0.1, 0.15) is 0 Å². The van der Waals surface area contributed by atoms with Crippen LogP contribution in [0, 0.1) is 5.92 Å². The van der Waals surface area contributed by atoms with E-state index in [1.807, 2.05) is 18.2 Å². The van der Waals surface area contributed by atoms with Crippen LogP contribution in [-0.2, 0) is 6.54 Å². The molecule has 0 radical (unpaired) electrons. The molecule has 1 saturated heterocycles. The van der Waals surface area contributed by atoms with Crippen molar-refractivity contribution in [3.8, 4) is 0 Å². The summed E-state index contributed by atoms with van der Waals surface area (Å²) in [6.07, 6.45) is 1.19. The lowest BCUT2D eigenvalue weighted by atomic mass is 9.93. The topological polar surface area (TPSA) is 15.3 Å². The summed E-state index contributed by atoms with van der Waals surface area (Å²) in [6.45, 7) is 11.9. The summed E-state index contributed by atoms with van der Waals surface area (Å²) in [5.74, 6) is 0.683. The van der Waals surface area contributed by atoms with Gasteiger partial charge >= 0.3 is 0 Å². The van der Waals surface area contributed by atoms with Gasteiger partial charge in [-0.3, -0.25) is 4.90 Å². The van der Waals surface area contributed by atoms with Crippen molar-refractivity contribution in [1.82, 2.24) is 10.2 Å². The second-order valence-corrected chi connectivity index (χ2v) is 7.97. The van der Waals surface area contributed by atoms with E-state index in [1.54, 1.807) is 0 Å². The first-order valence-electron chi connectivity index (χ1n) is 7.70. The monoisotopic (exact) mass is 328 g/mol. The Morgan fingerprint density at radius 1 is 1.29 bits per heavy atom. The Morgan fingerprint density at radius 2 is 1.90 bits per heavy atom. The van der Waals surface area contributed by atoms with Gasteiger partial charge < -0.3 is 5.32 Å². The Balaban J connectivity index is 2.19. The van der Waals surface area contributed by atoms with Gasteiger partial charge in [-0.05, 0) is 38.3 Å². The molecule has 1 atom stereocenters. The van der Waals surface area contributed by atoms with Crippen molar-refractivity contribution < 1.29 is 0 Å². The summed E-state index contributed by atoms with van der Waals surface area (Å²) in [5.41, 5.74) is 1.17. The molecule has 1 fully saturated rings. The fourth-order valence-corrected chi connectivity index (χ4v) is 3.58. The predicted octanol–water partition coefficient (Wildman–Crippen LogP) is 4.59. The lowest BCUT2D eigenvalue weighted by Crippen LogP contribution is -2.61. The molecular weight excluding hydrogens is 303 g/mol. The number of rotatable bonds is 4. The van der Waals surface area contributed by atoms with Gasteiger partial charge in [-0.1, -0.05) is 43.1 Å². The van der Waals surface area contributed by atoms with Crippen LogP contribution in [0.5, 0.6) is 0 Å². The highest BCUT2D eigenvalue weighted by Crippen LogP contribution is 2.29. The molecule has 1 aromatic carbocycles. The lowest BCUT2D eigenvalue weighted by molar-refractivity contribution is 0.0760. The van der Waals surface area contributed by atoms with Gasteiger partial charge in [0.15, 0.2) is 0 Å². The lowest BCUT2D eigenvalue weighted by Gasteiger charge is -2.45. The molecule has 1 aromatic rings. The molecule has 2 rings (SSSR count). The fraction of sp³-hybridized carbons (Fsp3) is 0.647. The summed E-state index contributed by atoms with van der Waals surface area (Å²) in [6, 6.07) is 6.29. The van der Waals surface area contributed by atoms with Crippen LogP contribution in [0.15, 0.2) is 18.2 Å². The molecule has 2 nitrogen and oxygen atoms in total. The largest absolute Gasteiger partial charge is 0.309 e. The molecule has 21 heavy (non-hydrogen) atoms. The quantitative estimate of drug-likeness (QED) is 0.869. The van der Waals surface area contributed by atoms with E-state index >= 15 is 0 Å². The van der Waals surface area contributed by atoms with E-state index in [4.69, 9.17) is 23.2 Å². The molecule has 1 N–H and O–H groups in total. The van der Waals surface area contributed by atoms with Crippen LogP contribution in [0.2, 0.25) is 10.0 Å². The summed E-state index contributed by atoms with van der Waals surface area (Å²) in [5, 5.41) is 5.18. The molecular formula is C17H26Cl2N2. The highest BCUT2D eigenvalue weighted by atomic mass is 35.5. The smallest absolute Gasteiger partial charge is 0.0465 e. The summed E-state index contributed by atoms with van der Waals surface area (Å²) in [7, 11) is 0. The fourth-order valence-electron chi connectivity index (χ4n) is 3.06. The van der Waals surface area contributed by atoms with E-state index in [-0.39, 0.29) is 5.54 Å². The van der Waals surface area contributed by atoms with E-state index in [2.05, 4.69) is 37.9 Å². The van der Waals surface area contributed by atoms with Gasteiger partial charge in [0.05, 0.1) is 0 Å². The molecule has 0 aliphatic carbocycles. The minimum atomic E-state index is 0.126. The SMILES string of the molecule is CC(C)CC1CNC(C)(C)CN1Cc1c(Cl)cccc1Cl. The van der Waals surface area contributed by atoms with Gasteiger partial charge in [0.2, 0.25) is 0 Å². The van der Waals surface area contributed by atoms with E-state index in [1.165, 1.54) is 6.42 Å². The number of hydrogen-bond acceptors (Lipinski definition) is 2. The third-order valence-corrected chi connectivity index (χ3v) is 4.81. The normalized spacial score (nSPS) is 22.7. The summed E-state index contributed by atoms with van der Waals surface area (Å²) < 4.78 is 0. The van der Waals surface area contributed by atoms with E-state index in [9.17, 15) is 0 Å². The first kappa shape index (κ1) is 17.1. The number of hydrogen-bond donors (Lipinski definition) is 1. The summed E-state index contributed by atoms with van der Waals surface area (Å²) >= 11 is 12.7. The Labute approximate surface area is 138 Å². The standard InChI is InChI=1S/C17H26Cl2N2/c1-12(2)8-13-9-20-17(3,4)11-21(13)10-14-15(18)6-5-7-16(14)19/h5-7,12-13,20H,8-11H2,1-4H3.